The third-order valence-electron chi connectivity index (χ3n) is 8.34. The molecule has 1 spiro atoms. The summed E-state index contributed by atoms with van der Waals surface area (Å²) in [5.41, 5.74) is 7.46. The van der Waals surface area contributed by atoms with Crippen LogP contribution in [0.1, 0.15) is 25.7 Å². The number of aromatic nitrogens is 3. The van der Waals surface area contributed by atoms with Gasteiger partial charge in [-0.25, -0.2) is 15.0 Å². The highest BCUT2D eigenvalue weighted by Crippen LogP contribution is 2.49. The fraction of sp³-hybridized carbons (Fsp3) is 0.448. The van der Waals surface area contributed by atoms with Crippen LogP contribution in [-0.2, 0) is 9.53 Å². The van der Waals surface area contributed by atoms with Gasteiger partial charge in [0.25, 0.3) is 0 Å². The molecule has 41 heavy (non-hydrogen) atoms. The van der Waals surface area contributed by atoms with Crippen molar-refractivity contribution >= 4 is 51.8 Å². The van der Waals surface area contributed by atoms with Crippen molar-refractivity contribution in [3.05, 3.63) is 40.5 Å². The van der Waals surface area contributed by atoms with Gasteiger partial charge in [0, 0.05) is 47.6 Å². The number of primary amides is 1. The van der Waals surface area contributed by atoms with Gasteiger partial charge in [-0.15, -0.1) is 0 Å². The number of carbonyl (C=O) groups excluding carboxylic acids is 1. The van der Waals surface area contributed by atoms with Crippen molar-refractivity contribution in [2.24, 2.45) is 17.1 Å². The molecule has 1 saturated carbocycles. The number of nitrogens with zero attached hydrogens (tertiary/aromatic N) is 4. The van der Waals surface area contributed by atoms with E-state index in [0.717, 1.165) is 29.8 Å². The third-order valence-corrected chi connectivity index (χ3v) is 9.09. The summed E-state index contributed by atoms with van der Waals surface area (Å²) in [7, 11) is 3.09. The van der Waals surface area contributed by atoms with Gasteiger partial charge < -0.3 is 30.2 Å². The molecule has 3 N–H and O–H groups in total. The van der Waals surface area contributed by atoms with Crippen molar-refractivity contribution in [1.82, 2.24) is 15.0 Å². The number of amides is 1. The minimum Gasteiger partial charge on any atom is -0.495 e. The van der Waals surface area contributed by atoms with Crippen LogP contribution >= 0.6 is 23.2 Å². The summed E-state index contributed by atoms with van der Waals surface area (Å²) in [6, 6.07) is 3.44. The maximum Gasteiger partial charge on any atom is 0.241 e. The predicted octanol–water partition coefficient (Wildman–Crippen LogP) is 4.86. The number of hydrogen-bond acceptors (Lipinski definition) is 9. The van der Waals surface area contributed by atoms with Crippen molar-refractivity contribution in [1.29, 1.82) is 0 Å². The zero-order valence-electron chi connectivity index (χ0n) is 23.0. The number of anilines is 2. The number of hydrogen-bond donors (Lipinski definition) is 2. The molecule has 3 fully saturated rings. The van der Waals surface area contributed by atoms with Crippen molar-refractivity contribution in [3.63, 3.8) is 0 Å². The van der Waals surface area contributed by atoms with Gasteiger partial charge in [0.2, 0.25) is 11.9 Å². The van der Waals surface area contributed by atoms with Crippen LogP contribution < -0.4 is 25.4 Å². The number of fused-ring (bicyclic) bond motifs is 1. The molecule has 6 rings (SSSR count). The molecule has 1 amide bonds. The summed E-state index contributed by atoms with van der Waals surface area (Å²) in [6.07, 6.45) is 9.90. The minimum absolute atomic E-state index is 0.0355. The molecule has 216 valence electrons. The first-order chi connectivity index (χ1) is 19.8. The van der Waals surface area contributed by atoms with E-state index in [4.69, 9.17) is 53.1 Å². The quantitative estimate of drug-likeness (QED) is 0.349. The molecule has 10 nitrogen and oxygen atoms in total. The second kappa shape index (κ2) is 11.2. The fourth-order valence-electron chi connectivity index (χ4n) is 6.20. The first kappa shape index (κ1) is 27.8. The average Bonchev–Trinajstić information content (AvgIpc) is 3.61. The lowest BCUT2D eigenvalue weighted by molar-refractivity contribution is -0.113. The van der Waals surface area contributed by atoms with Crippen LogP contribution in [-0.4, -0.2) is 67.4 Å². The SMILES string of the molecule is COc1cc(OC)c(Cl)c(-c2cc3cnc(N[C@@H]4COC[C@@H]4C=CC(N)=O)nc3c(N3CC4(CCCC4)C3)n2)c1Cl. The first-order valence-corrected chi connectivity index (χ1v) is 14.4. The normalized spacial score (nSPS) is 21.5. The van der Waals surface area contributed by atoms with Crippen LogP contribution in [0.4, 0.5) is 11.8 Å². The predicted molar refractivity (Wildman–Crippen MR) is 159 cm³/mol. The molecule has 4 heterocycles. The molecule has 0 radical (unpaired) electrons. The van der Waals surface area contributed by atoms with E-state index in [1.165, 1.54) is 31.8 Å². The lowest BCUT2D eigenvalue weighted by atomic mass is 9.78. The largest absolute Gasteiger partial charge is 0.495 e. The molecule has 3 aromatic rings. The van der Waals surface area contributed by atoms with Gasteiger partial charge in [0.05, 0.1) is 49.2 Å². The number of halogens is 2. The smallest absolute Gasteiger partial charge is 0.241 e. The lowest BCUT2D eigenvalue weighted by Crippen LogP contribution is -2.55. The lowest BCUT2D eigenvalue weighted by Gasteiger charge is -2.49. The zero-order valence-corrected chi connectivity index (χ0v) is 24.5. The average molecular weight is 600 g/mol. The Kier molecular flexibility index (Phi) is 7.56. The summed E-state index contributed by atoms with van der Waals surface area (Å²) in [6.45, 7) is 2.78. The Hall–Kier alpha value is -3.34. The van der Waals surface area contributed by atoms with Gasteiger partial charge in [0.15, 0.2) is 5.82 Å². The minimum atomic E-state index is -0.493. The van der Waals surface area contributed by atoms with E-state index < -0.39 is 5.91 Å². The molecule has 2 aromatic heterocycles. The highest BCUT2D eigenvalue weighted by Gasteiger charge is 2.46. The van der Waals surface area contributed by atoms with Gasteiger partial charge in [-0.05, 0) is 25.0 Å². The Morgan fingerprint density at radius 1 is 1.12 bits per heavy atom. The van der Waals surface area contributed by atoms with E-state index in [-0.39, 0.29) is 12.0 Å². The van der Waals surface area contributed by atoms with E-state index in [1.807, 2.05) is 6.07 Å². The second-order valence-electron chi connectivity index (χ2n) is 11.0. The molecule has 12 heteroatoms. The summed E-state index contributed by atoms with van der Waals surface area (Å²) in [5, 5.41) is 4.88. The van der Waals surface area contributed by atoms with Gasteiger partial charge in [-0.2, -0.15) is 0 Å². The van der Waals surface area contributed by atoms with Crippen molar-refractivity contribution in [2.45, 2.75) is 31.7 Å². The summed E-state index contributed by atoms with van der Waals surface area (Å²) in [4.78, 5) is 28.2. The van der Waals surface area contributed by atoms with Crippen molar-refractivity contribution < 1.29 is 19.0 Å². The van der Waals surface area contributed by atoms with Crippen LogP contribution in [0.3, 0.4) is 0 Å². The topological polar surface area (TPSA) is 125 Å². The van der Waals surface area contributed by atoms with Gasteiger partial charge in [-0.1, -0.05) is 42.1 Å². The maximum atomic E-state index is 11.2. The highest BCUT2D eigenvalue weighted by molar-refractivity contribution is 6.41. The Bertz CT molecular complexity index is 1490. The maximum absolute atomic E-state index is 11.2. The molecule has 2 saturated heterocycles. The van der Waals surface area contributed by atoms with Crippen LogP contribution in [0.5, 0.6) is 11.5 Å². The number of pyridine rings is 1. The van der Waals surface area contributed by atoms with Gasteiger partial charge in [0.1, 0.15) is 17.0 Å². The number of nitrogens with two attached hydrogens (primary N) is 1. The van der Waals surface area contributed by atoms with Crippen LogP contribution in [0.25, 0.3) is 22.2 Å². The molecular weight excluding hydrogens is 567 g/mol. The van der Waals surface area contributed by atoms with Crippen molar-refractivity contribution in [3.8, 4) is 22.8 Å². The Labute approximate surface area is 248 Å². The molecule has 2 atom stereocenters. The number of nitrogens with one attached hydrogen (secondary N) is 1. The zero-order chi connectivity index (χ0) is 28.7. The first-order valence-electron chi connectivity index (χ1n) is 13.7. The Balaban J connectivity index is 1.42. The van der Waals surface area contributed by atoms with Crippen LogP contribution in [0, 0.1) is 11.3 Å². The van der Waals surface area contributed by atoms with Gasteiger partial charge >= 0.3 is 0 Å². The standard InChI is InChI=1S/C29H32Cl2N6O4/c1-39-20-10-21(40-2)25(31)23(24(20)30)18-9-17-11-33-28(35-19-13-41-12-16(19)5-6-22(32)38)36-26(17)27(34-18)37-14-29(15-37)7-3-4-8-29/h5-6,9-11,16,19H,3-4,7-8,12-15H2,1-2H3,(H2,32,38)(H,33,35,36)/t16-,19+/m0/s1. The fourth-order valence-corrected chi connectivity index (χ4v) is 6.89. The third kappa shape index (κ3) is 5.24. The van der Waals surface area contributed by atoms with E-state index in [0.29, 0.717) is 57.4 Å². The molecule has 1 aliphatic carbocycles. The second-order valence-corrected chi connectivity index (χ2v) is 11.8. The Morgan fingerprint density at radius 2 is 1.83 bits per heavy atom. The number of rotatable bonds is 8. The van der Waals surface area contributed by atoms with E-state index >= 15 is 0 Å². The Morgan fingerprint density at radius 3 is 2.49 bits per heavy atom. The summed E-state index contributed by atoms with van der Waals surface area (Å²) < 4.78 is 16.6. The molecule has 0 bridgehead atoms. The van der Waals surface area contributed by atoms with Crippen LogP contribution in [0.15, 0.2) is 30.5 Å². The summed E-state index contributed by atoms with van der Waals surface area (Å²) >= 11 is 13.6. The number of benzene rings is 1. The number of methoxy groups -OCH3 is 2. The van der Waals surface area contributed by atoms with E-state index in [1.54, 1.807) is 32.6 Å². The van der Waals surface area contributed by atoms with E-state index in [9.17, 15) is 4.79 Å². The highest BCUT2D eigenvalue weighted by atomic mass is 35.5. The van der Waals surface area contributed by atoms with Crippen LogP contribution in [0.2, 0.25) is 10.0 Å². The monoisotopic (exact) mass is 598 g/mol. The molecule has 3 aliphatic rings. The summed E-state index contributed by atoms with van der Waals surface area (Å²) in [5.74, 6) is 1.56. The van der Waals surface area contributed by atoms with Gasteiger partial charge in [-0.3, -0.25) is 4.79 Å². The molecule has 2 aliphatic heterocycles. The van der Waals surface area contributed by atoms with E-state index in [2.05, 4.69) is 15.2 Å². The molecular formula is C29H32Cl2N6O4. The van der Waals surface area contributed by atoms with Crippen molar-refractivity contribution in [2.75, 3.05) is 50.7 Å². The number of ether oxygens (including phenoxy) is 3. The molecule has 0 unspecified atom stereocenters. The molecule has 1 aromatic carbocycles. The number of carbonyl (C=O) groups is 1.